The first-order valence-corrected chi connectivity index (χ1v) is 7.22. The second kappa shape index (κ2) is 10.2. The highest BCUT2D eigenvalue weighted by Gasteiger charge is 2.23. The van der Waals surface area contributed by atoms with Gasteiger partial charge in [0.2, 0.25) is 0 Å². The van der Waals surface area contributed by atoms with Gasteiger partial charge in [-0.15, -0.1) is 0 Å². The first-order valence-electron chi connectivity index (χ1n) is 7.22. The van der Waals surface area contributed by atoms with E-state index in [-0.39, 0.29) is 12.5 Å². The van der Waals surface area contributed by atoms with Crippen LogP contribution in [0.25, 0.3) is 0 Å². The molecule has 0 radical (unpaired) electrons. The smallest absolute Gasteiger partial charge is 0.324 e. The maximum absolute atomic E-state index is 10.7. The molecule has 116 valence electrons. The van der Waals surface area contributed by atoms with E-state index in [1.165, 1.54) is 12.8 Å². The molecule has 4 N–H and O–H groups in total. The number of aliphatic hydroxyl groups is 2. The summed E-state index contributed by atoms with van der Waals surface area (Å²) in [5.41, 5.74) is 0. The molecule has 5 heteroatoms. The largest absolute Gasteiger partial charge is 0.389 e. The first-order chi connectivity index (χ1) is 10.1. The zero-order valence-electron chi connectivity index (χ0n) is 12.1. The highest BCUT2D eigenvalue weighted by Crippen LogP contribution is 2.33. The molecular formula is C16H23NO4. The summed E-state index contributed by atoms with van der Waals surface area (Å²) in [5.74, 6) is 10.2. The fourth-order valence-electron chi connectivity index (χ4n) is 1.78. The van der Waals surface area contributed by atoms with Crippen LogP contribution in [-0.4, -0.2) is 28.4 Å². The molecule has 1 aliphatic rings. The fraction of sp³-hybridized carbons (Fsp3) is 0.562. The van der Waals surface area contributed by atoms with E-state index in [0.29, 0.717) is 18.8 Å². The molecule has 0 aromatic heterocycles. The summed E-state index contributed by atoms with van der Waals surface area (Å²) in [6.07, 6.45) is 10.0. The second-order valence-electron chi connectivity index (χ2n) is 5.18. The van der Waals surface area contributed by atoms with Gasteiger partial charge < -0.3 is 15.1 Å². The van der Waals surface area contributed by atoms with Crippen LogP contribution in [0.3, 0.4) is 0 Å². The fourth-order valence-corrected chi connectivity index (χ4v) is 1.78. The Kier molecular flexibility index (Phi) is 8.44. The van der Waals surface area contributed by atoms with E-state index in [2.05, 4.69) is 16.7 Å². The van der Waals surface area contributed by atoms with E-state index in [0.717, 1.165) is 6.42 Å². The number of aliphatic hydroxyl groups excluding tert-OH is 2. The molecule has 1 rings (SSSR count). The molecule has 0 heterocycles. The molecule has 5 nitrogen and oxygen atoms in total. The van der Waals surface area contributed by atoms with Crippen molar-refractivity contribution in [3.63, 3.8) is 0 Å². The van der Waals surface area contributed by atoms with Gasteiger partial charge in [0.05, 0.1) is 6.10 Å². The standard InChI is InChI=1S/C16H23NO4/c17-21-16(20)9-5-8-14(18)6-3-1-2-4-7-15(19)12-13-10-11-13/h1-2,4,7,13-15,18-19H,5,8-12,17H2/b2-1+,7-4+/t14-,15+/m1/s1. The van der Waals surface area contributed by atoms with E-state index in [1.807, 2.05) is 0 Å². The minimum absolute atomic E-state index is 0.173. The Morgan fingerprint density at radius 2 is 2.14 bits per heavy atom. The van der Waals surface area contributed by atoms with Crippen LogP contribution < -0.4 is 5.90 Å². The molecule has 0 aliphatic heterocycles. The minimum atomic E-state index is -0.773. The Balaban J connectivity index is 2.13. The molecule has 21 heavy (non-hydrogen) atoms. The van der Waals surface area contributed by atoms with Gasteiger partial charge in [0.15, 0.2) is 0 Å². The Morgan fingerprint density at radius 3 is 2.81 bits per heavy atom. The van der Waals surface area contributed by atoms with Crippen LogP contribution >= 0.6 is 0 Å². The SMILES string of the molecule is NOC(=O)CCC[C@H](O)C#C/C=C/C=C/[C@H](O)CC1CC1. The molecule has 2 atom stereocenters. The molecule has 0 amide bonds. The van der Waals surface area contributed by atoms with Crippen molar-refractivity contribution < 1.29 is 19.8 Å². The van der Waals surface area contributed by atoms with Gasteiger partial charge in [-0.2, -0.15) is 5.90 Å². The Hall–Kier alpha value is -1.61. The average Bonchev–Trinajstić information content (AvgIpc) is 3.26. The van der Waals surface area contributed by atoms with Gasteiger partial charge in [-0.3, -0.25) is 4.79 Å². The molecule has 0 unspecified atom stereocenters. The first kappa shape index (κ1) is 17.4. The highest BCUT2D eigenvalue weighted by atomic mass is 16.7. The van der Waals surface area contributed by atoms with E-state index >= 15 is 0 Å². The lowest BCUT2D eigenvalue weighted by atomic mass is 10.1. The van der Waals surface area contributed by atoms with Gasteiger partial charge >= 0.3 is 5.97 Å². The maximum atomic E-state index is 10.7. The van der Waals surface area contributed by atoms with E-state index in [4.69, 9.17) is 5.90 Å². The normalized spacial score (nSPS) is 17.5. The summed E-state index contributed by atoms with van der Waals surface area (Å²) in [7, 11) is 0. The Morgan fingerprint density at radius 1 is 1.38 bits per heavy atom. The molecule has 1 fully saturated rings. The third kappa shape index (κ3) is 9.85. The summed E-state index contributed by atoms with van der Waals surface area (Å²) in [4.78, 5) is 14.8. The lowest BCUT2D eigenvalue weighted by Gasteiger charge is -2.01. The predicted molar refractivity (Wildman–Crippen MR) is 79.5 cm³/mol. The molecule has 0 aromatic carbocycles. The summed E-state index contributed by atoms with van der Waals surface area (Å²) in [5, 5.41) is 19.2. The number of allylic oxidation sites excluding steroid dienone is 3. The van der Waals surface area contributed by atoms with Crippen LogP contribution in [0.15, 0.2) is 24.3 Å². The van der Waals surface area contributed by atoms with Crippen LogP contribution in [-0.2, 0) is 9.63 Å². The van der Waals surface area contributed by atoms with Gasteiger partial charge in [0.1, 0.15) is 6.10 Å². The van der Waals surface area contributed by atoms with Gasteiger partial charge in [0.25, 0.3) is 0 Å². The minimum Gasteiger partial charge on any atom is -0.389 e. The third-order valence-electron chi connectivity index (χ3n) is 3.14. The van der Waals surface area contributed by atoms with Crippen molar-refractivity contribution >= 4 is 5.97 Å². The van der Waals surface area contributed by atoms with Crippen molar-refractivity contribution in [2.24, 2.45) is 11.8 Å². The molecule has 1 aliphatic carbocycles. The van der Waals surface area contributed by atoms with E-state index in [9.17, 15) is 15.0 Å². The van der Waals surface area contributed by atoms with E-state index < -0.39 is 12.1 Å². The summed E-state index contributed by atoms with van der Waals surface area (Å²) in [6.45, 7) is 0. The number of carbonyl (C=O) groups excluding carboxylic acids is 1. The number of hydrogen-bond acceptors (Lipinski definition) is 5. The van der Waals surface area contributed by atoms with Crippen molar-refractivity contribution in [2.75, 3.05) is 0 Å². The average molecular weight is 293 g/mol. The van der Waals surface area contributed by atoms with Crippen molar-refractivity contribution in [3.05, 3.63) is 24.3 Å². The summed E-state index contributed by atoms with van der Waals surface area (Å²) >= 11 is 0. The topological polar surface area (TPSA) is 92.8 Å². The quantitative estimate of drug-likeness (QED) is 0.355. The zero-order valence-corrected chi connectivity index (χ0v) is 12.1. The molecular weight excluding hydrogens is 270 g/mol. The molecule has 0 bridgehead atoms. The van der Waals surface area contributed by atoms with Crippen molar-refractivity contribution in [2.45, 2.75) is 50.7 Å². The van der Waals surface area contributed by atoms with Crippen molar-refractivity contribution in [1.82, 2.24) is 0 Å². The maximum Gasteiger partial charge on any atom is 0.324 e. The Labute approximate surface area is 125 Å². The number of carbonyl (C=O) groups is 1. The monoisotopic (exact) mass is 293 g/mol. The lowest BCUT2D eigenvalue weighted by Crippen LogP contribution is -2.11. The van der Waals surface area contributed by atoms with Gasteiger partial charge in [-0.05, 0) is 31.3 Å². The summed E-state index contributed by atoms with van der Waals surface area (Å²) in [6, 6.07) is 0. The molecule has 0 aromatic rings. The Bertz CT molecular complexity index is 429. The van der Waals surface area contributed by atoms with Crippen molar-refractivity contribution in [1.29, 1.82) is 0 Å². The number of hydrogen-bond donors (Lipinski definition) is 3. The molecule has 0 spiro atoms. The van der Waals surface area contributed by atoms with Gasteiger partial charge in [0, 0.05) is 6.42 Å². The van der Waals surface area contributed by atoms with Crippen LogP contribution in [0.4, 0.5) is 0 Å². The van der Waals surface area contributed by atoms with E-state index in [1.54, 1.807) is 24.3 Å². The van der Waals surface area contributed by atoms with Crippen LogP contribution in [0.2, 0.25) is 0 Å². The number of rotatable bonds is 8. The van der Waals surface area contributed by atoms with Crippen LogP contribution in [0.1, 0.15) is 38.5 Å². The lowest BCUT2D eigenvalue weighted by molar-refractivity contribution is -0.144. The highest BCUT2D eigenvalue weighted by molar-refractivity contribution is 5.68. The van der Waals surface area contributed by atoms with Gasteiger partial charge in [-0.1, -0.05) is 42.9 Å². The number of nitrogens with two attached hydrogens (primary N) is 1. The predicted octanol–water partition coefficient (Wildman–Crippen LogP) is 1.21. The van der Waals surface area contributed by atoms with Crippen LogP contribution in [0.5, 0.6) is 0 Å². The third-order valence-corrected chi connectivity index (χ3v) is 3.14. The molecule has 1 saturated carbocycles. The zero-order chi connectivity index (χ0) is 15.5. The second-order valence-corrected chi connectivity index (χ2v) is 5.18. The van der Waals surface area contributed by atoms with Crippen molar-refractivity contribution in [3.8, 4) is 11.8 Å². The van der Waals surface area contributed by atoms with Crippen LogP contribution in [0, 0.1) is 17.8 Å². The summed E-state index contributed by atoms with van der Waals surface area (Å²) < 4.78 is 0. The van der Waals surface area contributed by atoms with Gasteiger partial charge in [-0.25, -0.2) is 0 Å². The molecule has 0 saturated heterocycles.